The van der Waals surface area contributed by atoms with Crippen molar-refractivity contribution in [3.05, 3.63) is 37.6 Å². The Morgan fingerprint density at radius 1 is 1.11 bits per heavy atom. The zero-order valence-corrected chi connectivity index (χ0v) is 13.3. The van der Waals surface area contributed by atoms with Crippen LogP contribution in [0.25, 0.3) is 11.4 Å². The molecule has 2 aromatic rings. The first kappa shape index (κ1) is 14.1. The van der Waals surface area contributed by atoms with Gasteiger partial charge in [0.1, 0.15) is 10.3 Å². The molecule has 0 aliphatic rings. The lowest BCUT2D eigenvalue weighted by Gasteiger charge is -2.11. The number of halogens is 2. The van der Waals surface area contributed by atoms with Crippen molar-refractivity contribution in [2.45, 2.75) is 0 Å². The Labute approximate surface area is 126 Å². The highest BCUT2D eigenvalue weighted by Gasteiger charge is 2.13. The van der Waals surface area contributed by atoms with E-state index in [9.17, 15) is 4.79 Å². The van der Waals surface area contributed by atoms with E-state index >= 15 is 0 Å². The average Bonchev–Trinajstić information content (AvgIpc) is 2.41. The van der Waals surface area contributed by atoms with E-state index in [1.807, 2.05) is 0 Å². The SMILES string of the molecule is COc1cc(Br)c(-c2ncc(Br)c(=O)[nH]2)cc1OC. The van der Waals surface area contributed by atoms with Gasteiger partial charge in [0.25, 0.3) is 5.56 Å². The van der Waals surface area contributed by atoms with Crippen LogP contribution in [0.15, 0.2) is 32.1 Å². The van der Waals surface area contributed by atoms with Crippen molar-refractivity contribution in [3.8, 4) is 22.9 Å². The second kappa shape index (κ2) is 5.75. The monoisotopic (exact) mass is 388 g/mol. The van der Waals surface area contributed by atoms with Gasteiger partial charge in [-0.1, -0.05) is 0 Å². The molecule has 2 rings (SSSR count). The van der Waals surface area contributed by atoms with Crippen molar-refractivity contribution in [2.75, 3.05) is 14.2 Å². The summed E-state index contributed by atoms with van der Waals surface area (Å²) in [6.07, 6.45) is 1.46. The number of hydrogen-bond donors (Lipinski definition) is 1. The predicted octanol–water partition coefficient (Wildman–Crippen LogP) is 2.98. The van der Waals surface area contributed by atoms with Crippen LogP contribution in [0.2, 0.25) is 0 Å². The van der Waals surface area contributed by atoms with Gasteiger partial charge in [-0.05, 0) is 44.0 Å². The molecular weight excluding hydrogens is 380 g/mol. The van der Waals surface area contributed by atoms with Crippen LogP contribution < -0.4 is 15.0 Å². The molecule has 0 saturated heterocycles. The van der Waals surface area contributed by atoms with Gasteiger partial charge in [0, 0.05) is 16.2 Å². The summed E-state index contributed by atoms with van der Waals surface area (Å²) in [6.45, 7) is 0. The molecule has 0 fully saturated rings. The minimum atomic E-state index is -0.244. The number of nitrogens with one attached hydrogen (secondary N) is 1. The molecule has 0 saturated carbocycles. The Bertz CT molecular complexity index is 671. The average molecular weight is 390 g/mol. The quantitative estimate of drug-likeness (QED) is 0.876. The van der Waals surface area contributed by atoms with Crippen LogP contribution in [-0.2, 0) is 0 Å². The lowest BCUT2D eigenvalue weighted by atomic mass is 10.2. The first-order valence-electron chi connectivity index (χ1n) is 5.23. The van der Waals surface area contributed by atoms with E-state index in [0.29, 0.717) is 27.4 Å². The van der Waals surface area contributed by atoms with E-state index in [-0.39, 0.29) is 5.56 Å². The van der Waals surface area contributed by atoms with Crippen molar-refractivity contribution in [2.24, 2.45) is 0 Å². The van der Waals surface area contributed by atoms with Crippen molar-refractivity contribution < 1.29 is 9.47 Å². The number of H-pyrrole nitrogens is 1. The Morgan fingerprint density at radius 3 is 2.32 bits per heavy atom. The van der Waals surface area contributed by atoms with Gasteiger partial charge >= 0.3 is 0 Å². The molecule has 1 heterocycles. The summed E-state index contributed by atoms with van der Waals surface area (Å²) in [7, 11) is 3.11. The zero-order valence-electron chi connectivity index (χ0n) is 10.2. The normalized spacial score (nSPS) is 10.3. The summed E-state index contributed by atoms with van der Waals surface area (Å²) in [5, 5.41) is 0. The van der Waals surface area contributed by atoms with Gasteiger partial charge in [0.05, 0.1) is 14.2 Å². The molecule has 1 aromatic carbocycles. The number of rotatable bonds is 3. The Kier molecular flexibility index (Phi) is 4.26. The summed E-state index contributed by atoms with van der Waals surface area (Å²) in [5.74, 6) is 1.60. The fourth-order valence-corrected chi connectivity index (χ4v) is 2.26. The van der Waals surface area contributed by atoms with E-state index in [1.165, 1.54) is 6.20 Å². The molecule has 0 radical (unpaired) electrons. The molecule has 1 aromatic heterocycles. The molecule has 1 N–H and O–H groups in total. The van der Waals surface area contributed by atoms with Crippen LogP contribution in [0.4, 0.5) is 0 Å². The molecule has 0 aliphatic heterocycles. The van der Waals surface area contributed by atoms with Gasteiger partial charge < -0.3 is 14.5 Å². The van der Waals surface area contributed by atoms with E-state index in [0.717, 1.165) is 4.47 Å². The summed E-state index contributed by atoms with van der Waals surface area (Å²) in [4.78, 5) is 18.4. The van der Waals surface area contributed by atoms with Gasteiger partial charge in [0.2, 0.25) is 0 Å². The third-order valence-electron chi connectivity index (χ3n) is 2.48. The van der Waals surface area contributed by atoms with Gasteiger partial charge in [0.15, 0.2) is 11.5 Å². The van der Waals surface area contributed by atoms with Crippen LogP contribution in [0.1, 0.15) is 0 Å². The first-order valence-corrected chi connectivity index (χ1v) is 6.82. The highest BCUT2D eigenvalue weighted by atomic mass is 79.9. The van der Waals surface area contributed by atoms with Crippen molar-refractivity contribution in [1.29, 1.82) is 0 Å². The predicted molar refractivity (Wildman–Crippen MR) is 78.8 cm³/mol. The fraction of sp³-hybridized carbons (Fsp3) is 0.167. The topological polar surface area (TPSA) is 64.2 Å². The maximum Gasteiger partial charge on any atom is 0.265 e. The minimum absolute atomic E-state index is 0.244. The van der Waals surface area contributed by atoms with Crippen LogP contribution in [0.5, 0.6) is 11.5 Å². The van der Waals surface area contributed by atoms with E-state index in [2.05, 4.69) is 41.8 Å². The molecule has 19 heavy (non-hydrogen) atoms. The molecule has 0 atom stereocenters. The third kappa shape index (κ3) is 2.82. The standard InChI is InChI=1S/C12H10Br2N2O3/c1-18-9-3-6(7(13)4-10(9)19-2)11-15-5-8(14)12(17)16-11/h3-5H,1-2H3,(H,15,16,17). The number of ether oxygens (including phenoxy) is 2. The van der Waals surface area contributed by atoms with Crippen LogP contribution in [0, 0.1) is 0 Å². The smallest absolute Gasteiger partial charge is 0.265 e. The largest absolute Gasteiger partial charge is 0.493 e. The Hall–Kier alpha value is -1.34. The van der Waals surface area contributed by atoms with Crippen LogP contribution >= 0.6 is 31.9 Å². The molecule has 0 amide bonds. The number of aromatic nitrogens is 2. The number of hydrogen-bond acceptors (Lipinski definition) is 4. The molecule has 5 nitrogen and oxygen atoms in total. The molecule has 100 valence electrons. The summed E-state index contributed by atoms with van der Waals surface area (Å²) in [5.41, 5.74) is 0.467. The molecule has 0 unspecified atom stereocenters. The summed E-state index contributed by atoms with van der Waals surface area (Å²) < 4.78 is 11.6. The van der Waals surface area contributed by atoms with Gasteiger partial charge in [-0.15, -0.1) is 0 Å². The van der Waals surface area contributed by atoms with Crippen LogP contribution in [0.3, 0.4) is 0 Å². The lowest BCUT2D eigenvalue weighted by molar-refractivity contribution is 0.355. The van der Waals surface area contributed by atoms with Crippen molar-refractivity contribution in [1.82, 2.24) is 9.97 Å². The number of nitrogens with zero attached hydrogens (tertiary/aromatic N) is 1. The number of methoxy groups -OCH3 is 2. The van der Waals surface area contributed by atoms with Crippen molar-refractivity contribution >= 4 is 31.9 Å². The second-order valence-electron chi connectivity index (χ2n) is 3.60. The maximum absolute atomic E-state index is 11.6. The molecule has 0 bridgehead atoms. The zero-order chi connectivity index (χ0) is 14.0. The molecule has 0 aliphatic carbocycles. The van der Waals surface area contributed by atoms with Gasteiger partial charge in [-0.3, -0.25) is 4.79 Å². The van der Waals surface area contributed by atoms with Crippen molar-refractivity contribution in [3.63, 3.8) is 0 Å². The Balaban J connectivity index is 2.61. The van der Waals surface area contributed by atoms with Gasteiger partial charge in [-0.2, -0.15) is 0 Å². The van der Waals surface area contributed by atoms with E-state index < -0.39 is 0 Å². The van der Waals surface area contributed by atoms with Crippen LogP contribution in [-0.4, -0.2) is 24.2 Å². The number of benzene rings is 1. The Morgan fingerprint density at radius 2 is 1.74 bits per heavy atom. The molecule has 0 spiro atoms. The number of aromatic amines is 1. The maximum atomic E-state index is 11.6. The minimum Gasteiger partial charge on any atom is -0.493 e. The second-order valence-corrected chi connectivity index (χ2v) is 5.30. The highest BCUT2D eigenvalue weighted by Crippen LogP contribution is 2.37. The third-order valence-corrected chi connectivity index (χ3v) is 3.71. The lowest BCUT2D eigenvalue weighted by Crippen LogP contribution is -2.09. The fourth-order valence-electron chi connectivity index (χ4n) is 1.55. The first-order chi connectivity index (χ1) is 9.06. The molecular formula is C12H10Br2N2O3. The van der Waals surface area contributed by atoms with Gasteiger partial charge in [-0.25, -0.2) is 4.98 Å². The highest BCUT2D eigenvalue weighted by molar-refractivity contribution is 9.10. The molecule has 7 heteroatoms. The summed E-state index contributed by atoms with van der Waals surface area (Å²) >= 11 is 6.53. The van der Waals surface area contributed by atoms with E-state index in [4.69, 9.17) is 9.47 Å². The summed E-state index contributed by atoms with van der Waals surface area (Å²) in [6, 6.07) is 3.51. The van der Waals surface area contributed by atoms with E-state index in [1.54, 1.807) is 26.4 Å².